The molecule has 4 aromatic rings. The Morgan fingerprint density at radius 1 is 1.11 bits per heavy atom. The van der Waals surface area contributed by atoms with Gasteiger partial charge < -0.3 is 14.6 Å². The first-order valence-electron chi connectivity index (χ1n) is 11.9. The van der Waals surface area contributed by atoms with Crippen LogP contribution in [0.2, 0.25) is 0 Å². The van der Waals surface area contributed by atoms with E-state index in [0.29, 0.717) is 17.2 Å². The summed E-state index contributed by atoms with van der Waals surface area (Å²) in [5, 5.41) is 4.76. The number of aryl methyl sites for hydroxylation is 2. The van der Waals surface area contributed by atoms with Crippen LogP contribution in [0.1, 0.15) is 45.3 Å². The van der Waals surface area contributed by atoms with Gasteiger partial charge in [0, 0.05) is 33.4 Å². The van der Waals surface area contributed by atoms with Gasteiger partial charge in [-0.3, -0.25) is 4.79 Å². The van der Waals surface area contributed by atoms with Gasteiger partial charge in [-0.15, -0.1) is 23.1 Å². The van der Waals surface area contributed by atoms with Crippen LogP contribution in [0.15, 0.2) is 59.6 Å². The van der Waals surface area contributed by atoms with Crippen LogP contribution < -0.4 is 5.32 Å². The number of nitrogens with zero attached hydrogens (tertiary/aromatic N) is 1. The zero-order valence-corrected chi connectivity index (χ0v) is 21.6. The smallest absolute Gasteiger partial charge is 0.341 e. The van der Waals surface area contributed by atoms with Crippen LogP contribution in [0.5, 0.6) is 0 Å². The van der Waals surface area contributed by atoms with E-state index in [4.69, 9.17) is 4.74 Å². The maximum Gasteiger partial charge on any atom is 0.341 e. The third-order valence-corrected chi connectivity index (χ3v) is 8.49. The summed E-state index contributed by atoms with van der Waals surface area (Å²) in [7, 11) is 0. The van der Waals surface area contributed by atoms with Crippen LogP contribution in [0.4, 0.5) is 5.00 Å². The van der Waals surface area contributed by atoms with E-state index in [2.05, 4.69) is 59.4 Å². The van der Waals surface area contributed by atoms with E-state index in [-0.39, 0.29) is 17.6 Å². The fourth-order valence-corrected chi connectivity index (χ4v) is 6.75. The van der Waals surface area contributed by atoms with Gasteiger partial charge in [0.15, 0.2) is 0 Å². The number of aromatic nitrogens is 1. The minimum atomic E-state index is -0.339. The predicted molar refractivity (Wildman–Crippen MR) is 144 cm³/mol. The van der Waals surface area contributed by atoms with Crippen LogP contribution in [-0.2, 0) is 28.9 Å². The Kier molecular flexibility index (Phi) is 6.97. The lowest BCUT2D eigenvalue weighted by atomic mass is 10.1. The standard InChI is InChI=1S/C28H28N2O3S2/c1-3-33-28(32)26-21-8-6-10-23(21)35-27(26)29-25(31)17-34-24-16-30(22-9-5-4-7-20(22)24)15-19-13-11-18(2)12-14-19/h4-5,7,9,11-14,16H,3,6,8,10,15,17H2,1-2H3,(H,29,31). The van der Waals surface area contributed by atoms with Gasteiger partial charge in [0.25, 0.3) is 0 Å². The van der Waals surface area contributed by atoms with Crippen molar-refractivity contribution < 1.29 is 14.3 Å². The summed E-state index contributed by atoms with van der Waals surface area (Å²) in [5.41, 5.74) is 5.24. The molecule has 180 valence electrons. The Hall–Kier alpha value is -3.03. The second kappa shape index (κ2) is 10.3. The topological polar surface area (TPSA) is 60.3 Å². The van der Waals surface area contributed by atoms with E-state index in [1.807, 2.05) is 12.1 Å². The number of hydrogen-bond donors (Lipinski definition) is 1. The number of amides is 1. The average molecular weight is 505 g/mol. The molecule has 0 radical (unpaired) electrons. The van der Waals surface area contributed by atoms with Gasteiger partial charge in [-0.1, -0.05) is 48.0 Å². The fourth-order valence-electron chi connectivity index (χ4n) is 4.57. The molecule has 0 fully saturated rings. The molecule has 5 nitrogen and oxygen atoms in total. The lowest BCUT2D eigenvalue weighted by molar-refractivity contribution is -0.113. The Labute approximate surface area is 213 Å². The van der Waals surface area contributed by atoms with Crippen LogP contribution in [0.25, 0.3) is 10.9 Å². The van der Waals surface area contributed by atoms with Gasteiger partial charge in [-0.05, 0) is 50.3 Å². The second-order valence-electron chi connectivity index (χ2n) is 8.74. The molecule has 0 aliphatic heterocycles. The third kappa shape index (κ3) is 5.02. The number of nitrogens with one attached hydrogen (secondary N) is 1. The monoisotopic (exact) mass is 504 g/mol. The first kappa shape index (κ1) is 23.7. The fraction of sp³-hybridized carbons (Fsp3) is 0.286. The number of benzene rings is 2. The molecular weight excluding hydrogens is 476 g/mol. The van der Waals surface area contributed by atoms with Crippen molar-refractivity contribution >= 4 is 50.9 Å². The third-order valence-electron chi connectivity index (χ3n) is 6.24. The number of carbonyl (C=O) groups is 2. The maximum absolute atomic E-state index is 12.9. The average Bonchev–Trinajstić information content (AvgIpc) is 3.53. The van der Waals surface area contributed by atoms with Crippen molar-refractivity contribution in [1.29, 1.82) is 0 Å². The normalized spacial score (nSPS) is 12.6. The number of para-hydroxylation sites is 1. The van der Waals surface area contributed by atoms with Crippen LogP contribution in [0.3, 0.4) is 0 Å². The molecule has 0 bridgehead atoms. The van der Waals surface area contributed by atoms with E-state index >= 15 is 0 Å². The quantitative estimate of drug-likeness (QED) is 0.221. The number of ether oxygens (including phenoxy) is 1. The van der Waals surface area contributed by atoms with Crippen LogP contribution >= 0.6 is 23.1 Å². The Balaban J connectivity index is 1.32. The van der Waals surface area contributed by atoms with Crippen molar-refractivity contribution in [2.75, 3.05) is 17.7 Å². The van der Waals surface area contributed by atoms with Crippen LogP contribution in [0, 0.1) is 6.92 Å². The van der Waals surface area contributed by atoms with E-state index in [1.165, 1.54) is 39.1 Å². The summed E-state index contributed by atoms with van der Waals surface area (Å²) < 4.78 is 7.52. The SMILES string of the molecule is CCOC(=O)c1c(NC(=O)CSc2cn(Cc3ccc(C)cc3)c3ccccc23)sc2c1CCC2. The zero-order chi connectivity index (χ0) is 24.4. The van der Waals surface area contributed by atoms with Crippen molar-refractivity contribution in [3.63, 3.8) is 0 Å². The highest BCUT2D eigenvalue weighted by Gasteiger charge is 2.28. The van der Waals surface area contributed by atoms with Crippen molar-refractivity contribution in [3.8, 4) is 0 Å². The van der Waals surface area contributed by atoms with Gasteiger partial charge in [0.1, 0.15) is 5.00 Å². The van der Waals surface area contributed by atoms with Gasteiger partial charge in [-0.2, -0.15) is 0 Å². The van der Waals surface area contributed by atoms with E-state index in [1.54, 1.807) is 6.92 Å². The number of anilines is 1. The molecule has 1 N–H and O–H groups in total. The van der Waals surface area contributed by atoms with E-state index in [0.717, 1.165) is 47.2 Å². The molecule has 2 aromatic heterocycles. The first-order chi connectivity index (χ1) is 17.0. The molecule has 7 heteroatoms. The van der Waals surface area contributed by atoms with Crippen molar-refractivity contribution in [2.45, 2.75) is 44.6 Å². The zero-order valence-electron chi connectivity index (χ0n) is 19.9. The van der Waals surface area contributed by atoms with E-state index < -0.39 is 0 Å². The largest absolute Gasteiger partial charge is 0.462 e. The molecule has 0 unspecified atom stereocenters. The molecule has 2 aromatic carbocycles. The van der Waals surface area contributed by atoms with Crippen molar-refractivity contribution in [1.82, 2.24) is 4.57 Å². The summed E-state index contributed by atoms with van der Waals surface area (Å²) in [6, 6.07) is 16.9. The number of thiophene rings is 1. The molecule has 1 amide bonds. The van der Waals surface area contributed by atoms with Crippen molar-refractivity contribution in [3.05, 3.63) is 81.9 Å². The van der Waals surface area contributed by atoms with Gasteiger partial charge in [0.05, 0.1) is 17.9 Å². The molecule has 0 saturated carbocycles. The lowest BCUT2D eigenvalue weighted by Gasteiger charge is -2.08. The highest BCUT2D eigenvalue weighted by atomic mass is 32.2. The number of carbonyl (C=O) groups excluding carboxylic acids is 2. The molecule has 2 heterocycles. The van der Waals surface area contributed by atoms with Gasteiger partial charge in [0.2, 0.25) is 5.91 Å². The Bertz CT molecular complexity index is 1390. The van der Waals surface area contributed by atoms with Crippen LogP contribution in [-0.4, -0.2) is 28.8 Å². The number of hydrogen-bond acceptors (Lipinski definition) is 5. The van der Waals surface area contributed by atoms with Gasteiger partial charge >= 0.3 is 5.97 Å². The number of thioether (sulfide) groups is 1. The summed E-state index contributed by atoms with van der Waals surface area (Å²) in [6.45, 7) is 4.99. The highest BCUT2D eigenvalue weighted by Crippen LogP contribution is 2.40. The predicted octanol–water partition coefficient (Wildman–Crippen LogP) is 6.46. The molecule has 35 heavy (non-hydrogen) atoms. The summed E-state index contributed by atoms with van der Waals surface area (Å²) >= 11 is 3.04. The molecule has 0 atom stereocenters. The Morgan fingerprint density at radius 2 is 1.91 bits per heavy atom. The minimum absolute atomic E-state index is 0.115. The summed E-state index contributed by atoms with van der Waals surface area (Å²) in [6.07, 6.45) is 5.00. The first-order valence-corrected chi connectivity index (χ1v) is 13.7. The number of rotatable bonds is 8. The second-order valence-corrected chi connectivity index (χ2v) is 10.9. The Morgan fingerprint density at radius 3 is 2.71 bits per heavy atom. The van der Waals surface area contributed by atoms with Crippen molar-refractivity contribution in [2.24, 2.45) is 0 Å². The minimum Gasteiger partial charge on any atom is -0.462 e. The molecule has 1 aliphatic rings. The molecule has 0 saturated heterocycles. The number of esters is 1. The molecule has 5 rings (SSSR count). The molecule has 0 spiro atoms. The number of fused-ring (bicyclic) bond motifs is 2. The highest BCUT2D eigenvalue weighted by molar-refractivity contribution is 8.00. The van der Waals surface area contributed by atoms with E-state index in [9.17, 15) is 9.59 Å². The molecule has 1 aliphatic carbocycles. The summed E-state index contributed by atoms with van der Waals surface area (Å²) in [5.74, 6) is -0.187. The maximum atomic E-state index is 12.9. The molecular formula is C28H28N2O3S2. The van der Waals surface area contributed by atoms with Gasteiger partial charge in [-0.25, -0.2) is 4.79 Å². The lowest BCUT2D eigenvalue weighted by Crippen LogP contribution is -2.16. The summed E-state index contributed by atoms with van der Waals surface area (Å²) in [4.78, 5) is 27.8.